The summed E-state index contributed by atoms with van der Waals surface area (Å²) in [5.74, 6) is 6.09. The summed E-state index contributed by atoms with van der Waals surface area (Å²) in [7, 11) is -0.935. The molecule has 5 heteroatoms. The van der Waals surface area contributed by atoms with E-state index < -0.39 is 10.8 Å². The van der Waals surface area contributed by atoms with E-state index in [2.05, 4.69) is 17.2 Å². The van der Waals surface area contributed by atoms with Gasteiger partial charge in [0.1, 0.15) is 0 Å². The van der Waals surface area contributed by atoms with Crippen molar-refractivity contribution in [2.45, 2.75) is 26.3 Å². The normalized spacial score (nSPS) is 13.0. The second kappa shape index (κ2) is 8.60. The highest BCUT2D eigenvalue weighted by molar-refractivity contribution is 7.84. The number of carbonyl (C=O) groups is 1. The Balaban J connectivity index is 2.77. The lowest BCUT2D eigenvalue weighted by Gasteiger charge is -2.13. The van der Waals surface area contributed by atoms with Crippen molar-refractivity contribution < 1.29 is 14.1 Å². The number of carbonyl (C=O) groups excluding carboxylic acids is 1. The molecule has 114 valence electrons. The Kier molecular flexibility index (Phi) is 7.13. The van der Waals surface area contributed by atoms with Gasteiger partial charge in [-0.15, -0.1) is 0 Å². The van der Waals surface area contributed by atoms with Crippen molar-refractivity contribution in [3.63, 3.8) is 0 Å². The number of hydrogen-bond donors (Lipinski definition) is 2. The molecular formula is C16H21NO3S. The van der Waals surface area contributed by atoms with Crippen LogP contribution in [0.15, 0.2) is 18.2 Å². The lowest BCUT2D eigenvalue weighted by Crippen LogP contribution is -2.36. The van der Waals surface area contributed by atoms with E-state index in [1.54, 1.807) is 24.5 Å². The summed E-state index contributed by atoms with van der Waals surface area (Å²) in [4.78, 5) is 12.1. The van der Waals surface area contributed by atoms with Crippen LogP contribution in [0.1, 0.15) is 34.8 Å². The van der Waals surface area contributed by atoms with Crippen LogP contribution in [-0.2, 0) is 10.8 Å². The standard InChI is InChI=1S/C16H21NO3S/c1-12-10-15(8-7-14(12)6-4-5-9-18)16(19)17-13(2)11-21(3)20/h7-8,10,13,18H,5,9,11H2,1-3H3,(H,17,19). The Hall–Kier alpha value is -1.64. The smallest absolute Gasteiger partial charge is 0.251 e. The van der Waals surface area contributed by atoms with Gasteiger partial charge in [-0.05, 0) is 37.6 Å². The molecule has 0 fully saturated rings. The first kappa shape index (κ1) is 17.4. The van der Waals surface area contributed by atoms with Crippen molar-refractivity contribution in [1.82, 2.24) is 5.32 Å². The monoisotopic (exact) mass is 307 g/mol. The second-order valence-electron chi connectivity index (χ2n) is 4.92. The fourth-order valence-electron chi connectivity index (χ4n) is 1.86. The first-order valence-electron chi connectivity index (χ1n) is 6.75. The number of hydrogen-bond acceptors (Lipinski definition) is 3. The van der Waals surface area contributed by atoms with Gasteiger partial charge in [-0.25, -0.2) is 0 Å². The van der Waals surface area contributed by atoms with Gasteiger partial charge in [0.25, 0.3) is 5.91 Å². The Morgan fingerprint density at radius 1 is 1.48 bits per heavy atom. The maximum absolute atomic E-state index is 12.1. The molecule has 1 aromatic rings. The third-order valence-corrected chi connectivity index (χ3v) is 3.78. The maximum atomic E-state index is 12.1. The molecular weight excluding hydrogens is 286 g/mol. The zero-order valence-electron chi connectivity index (χ0n) is 12.6. The van der Waals surface area contributed by atoms with E-state index in [0.717, 1.165) is 11.1 Å². The van der Waals surface area contributed by atoms with Crippen LogP contribution in [0, 0.1) is 18.8 Å². The molecule has 0 radical (unpaired) electrons. The van der Waals surface area contributed by atoms with E-state index >= 15 is 0 Å². The summed E-state index contributed by atoms with van der Waals surface area (Å²) in [5.41, 5.74) is 2.33. The molecule has 0 aromatic heterocycles. The zero-order chi connectivity index (χ0) is 15.8. The van der Waals surface area contributed by atoms with Gasteiger partial charge >= 0.3 is 0 Å². The van der Waals surface area contributed by atoms with Crippen molar-refractivity contribution >= 4 is 16.7 Å². The number of benzene rings is 1. The molecule has 2 unspecified atom stereocenters. The van der Waals surface area contributed by atoms with E-state index in [4.69, 9.17) is 5.11 Å². The van der Waals surface area contributed by atoms with Crippen molar-refractivity contribution in [3.8, 4) is 11.8 Å². The van der Waals surface area contributed by atoms with Crippen LogP contribution in [-0.4, -0.2) is 39.9 Å². The predicted molar refractivity (Wildman–Crippen MR) is 85.6 cm³/mol. The Morgan fingerprint density at radius 3 is 2.76 bits per heavy atom. The molecule has 0 saturated heterocycles. The molecule has 1 amide bonds. The number of nitrogens with one attached hydrogen (secondary N) is 1. The first-order chi connectivity index (χ1) is 9.93. The van der Waals surface area contributed by atoms with Crippen LogP contribution in [0.4, 0.5) is 0 Å². The number of rotatable bonds is 5. The average molecular weight is 307 g/mol. The number of aliphatic hydroxyl groups is 1. The van der Waals surface area contributed by atoms with E-state index in [1.165, 1.54) is 0 Å². The maximum Gasteiger partial charge on any atom is 0.251 e. The number of amides is 1. The molecule has 1 rings (SSSR count). The summed E-state index contributed by atoms with van der Waals surface area (Å²) < 4.78 is 11.1. The van der Waals surface area contributed by atoms with Crippen LogP contribution in [0.25, 0.3) is 0 Å². The van der Waals surface area contributed by atoms with Crippen LogP contribution >= 0.6 is 0 Å². The molecule has 0 saturated carbocycles. The molecule has 1 aromatic carbocycles. The van der Waals surface area contributed by atoms with Gasteiger partial charge < -0.3 is 10.4 Å². The van der Waals surface area contributed by atoms with Gasteiger partial charge in [0.05, 0.1) is 6.61 Å². The Labute approximate surface area is 128 Å². The summed E-state index contributed by atoms with van der Waals surface area (Å²) in [6, 6.07) is 5.18. The highest BCUT2D eigenvalue weighted by Crippen LogP contribution is 2.10. The average Bonchev–Trinajstić information content (AvgIpc) is 2.39. The number of aliphatic hydroxyl groups excluding tert-OH is 1. The molecule has 21 heavy (non-hydrogen) atoms. The zero-order valence-corrected chi connectivity index (χ0v) is 13.4. The van der Waals surface area contributed by atoms with Crippen molar-refractivity contribution in [2.24, 2.45) is 0 Å². The third-order valence-electron chi connectivity index (χ3n) is 2.81. The largest absolute Gasteiger partial charge is 0.395 e. The molecule has 0 bridgehead atoms. The third kappa shape index (κ3) is 6.11. The van der Waals surface area contributed by atoms with Crippen LogP contribution in [0.3, 0.4) is 0 Å². The van der Waals surface area contributed by atoms with Crippen molar-refractivity contribution in [2.75, 3.05) is 18.6 Å². The first-order valence-corrected chi connectivity index (χ1v) is 8.48. The van der Waals surface area contributed by atoms with Gasteiger partial charge in [-0.2, -0.15) is 0 Å². The van der Waals surface area contributed by atoms with Gasteiger partial charge in [0.15, 0.2) is 0 Å². The minimum Gasteiger partial charge on any atom is -0.395 e. The van der Waals surface area contributed by atoms with Gasteiger partial charge in [0.2, 0.25) is 0 Å². The van der Waals surface area contributed by atoms with Crippen molar-refractivity contribution in [1.29, 1.82) is 0 Å². The summed E-state index contributed by atoms with van der Waals surface area (Å²) >= 11 is 0. The minimum absolute atomic E-state index is 0.0449. The minimum atomic E-state index is -0.935. The summed E-state index contributed by atoms with van der Waals surface area (Å²) in [5, 5.41) is 11.5. The van der Waals surface area contributed by atoms with Crippen LogP contribution < -0.4 is 5.32 Å². The molecule has 0 aliphatic carbocycles. The van der Waals surface area contributed by atoms with Crippen molar-refractivity contribution in [3.05, 3.63) is 34.9 Å². The summed E-state index contributed by atoms with van der Waals surface area (Å²) in [6.07, 6.45) is 2.06. The van der Waals surface area contributed by atoms with E-state index in [-0.39, 0.29) is 18.6 Å². The summed E-state index contributed by atoms with van der Waals surface area (Å²) in [6.45, 7) is 3.77. The second-order valence-corrected chi connectivity index (χ2v) is 6.40. The van der Waals surface area contributed by atoms with E-state index in [1.807, 2.05) is 13.8 Å². The van der Waals surface area contributed by atoms with Gasteiger partial charge in [-0.1, -0.05) is 11.8 Å². The van der Waals surface area contributed by atoms with Gasteiger partial charge in [0, 0.05) is 46.4 Å². The van der Waals surface area contributed by atoms with Gasteiger partial charge in [-0.3, -0.25) is 9.00 Å². The Bertz CT molecular complexity index is 587. The molecule has 0 heterocycles. The molecule has 2 atom stereocenters. The fraction of sp³-hybridized carbons (Fsp3) is 0.438. The highest BCUT2D eigenvalue weighted by Gasteiger charge is 2.11. The SMILES string of the molecule is Cc1cc(C(=O)NC(C)CS(C)=O)ccc1C#CCCO. The van der Waals surface area contributed by atoms with E-state index in [0.29, 0.717) is 17.7 Å². The molecule has 0 aliphatic rings. The predicted octanol–water partition coefficient (Wildman–Crippen LogP) is 1.23. The number of aryl methyl sites for hydroxylation is 1. The van der Waals surface area contributed by atoms with E-state index in [9.17, 15) is 9.00 Å². The van der Waals surface area contributed by atoms with Crippen LogP contribution in [0.2, 0.25) is 0 Å². The molecule has 2 N–H and O–H groups in total. The Morgan fingerprint density at radius 2 is 2.19 bits per heavy atom. The quantitative estimate of drug-likeness (QED) is 0.804. The molecule has 0 aliphatic heterocycles. The molecule has 0 spiro atoms. The molecule has 4 nitrogen and oxygen atoms in total. The van der Waals surface area contributed by atoms with Crippen LogP contribution in [0.5, 0.6) is 0 Å². The topological polar surface area (TPSA) is 66.4 Å². The fourth-order valence-corrected chi connectivity index (χ4v) is 2.65. The highest BCUT2D eigenvalue weighted by atomic mass is 32.2. The lowest BCUT2D eigenvalue weighted by atomic mass is 10.0. The lowest BCUT2D eigenvalue weighted by molar-refractivity contribution is 0.0943.